The van der Waals surface area contributed by atoms with E-state index in [0.717, 1.165) is 0 Å². The maximum atomic E-state index is 11.9. The Bertz CT molecular complexity index is 278. The van der Waals surface area contributed by atoms with E-state index >= 15 is 0 Å². The Hall–Kier alpha value is 0.0339. The summed E-state index contributed by atoms with van der Waals surface area (Å²) >= 11 is 0. The van der Waals surface area contributed by atoms with E-state index in [4.69, 9.17) is 16.2 Å². The first-order valence-electron chi connectivity index (χ1n) is 6.49. The number of hydrogen-bond acceptors (Lipinski definition) is 4. The average molecular weight is 361 g/mol. The first-order valence-corrected chi connectivity index (χ1v) is 6.49. The van der Waals surface area contributed by atoms with Crippen LogP contribution in [0.15, 0.2) is 12.3 Å². The van der Waals surface area contributed by atoms with E-state index < -0.39 is 11.7 Å². The van der Waals surface area contributed by atoms with Gasteiger partial charge in [-0.3, -0.25) is 4.90 Å². The van der Waals surface area contributed by atoms with Crippen molar-refractivity contribution in [3.05, 3.63) is 19.2 Å². The fourth-order valence-electron chi connectivity index (χ4n) is 1.17. The zero-order valence-corrected chi connectivity index (χ0v) is 16.4. The molecule has 0 aliphatic heterocycles. The van der Waals surface area contributed by atoms with E-state index in [9.17, 15) is 4.79 Å². The molecular formula is C14H30N3O2Y-. The first-order chi connectivity index (χ1) is 8.67. The van der Waals surface area contributed by atoms with Crippen LogP contribution in [0, 0.1) is 6.92 Å². The Morgan fingerprint density at radius 3 is 2.15 bits per heavy atom. The molecule has 1 radical (unpaired) electrons. The molecule has 0 saturated carbocycles. The SMILES string of the molecule is C=C(C)N(CCC(N)CN)C(=O)OC(C)(C)C.[CH2-]C.[Y]. The van der Waals surface area contributed by atoms with Gasteiger partial charge in [0.1, 0.15) is 5.60 Å². The second-order valence-electron chi connectivity index (χ2n) is 5.15. The van der Waals surface area contributed by atoms with Crippen LogP contribution in [0.1, 0.15) is 41.0 Å². The third-order valence-corrected chi connectivity index (χ3v) is 2.10. The van der Waals surface area contributed by atoms with E-state index in [-0.39, 0.29) is 38.8 Å². The third-order valence-electron chi connectivity index (χ3n) is 2.10. The fraction of sp³-hybridized carbons (Fsp3) is 0.714. The summed E-state index contributed by atoms with van der Waals surface area (Å²) in [6, 6.07) is -0.112. The maximum Gasteiger partial charge on any atom is 0.414 e. The normalized spacial score (nSPS) is 11.4. The minimum Gasteiger partial charge on any atom is -0.443 e. The van der Waals surface area contributed by atoms with Gasteiger partial charge in [-0.25, -0.2) is 4.79 Å². The van der Waals surface area contributed by atoms with Crippen molar-refractivity contribution in [2.75, 3.05) is 13.1 Å². The van der Waals surface area contributed by atoms with Crippen LogP contribution < -0.4 is 11.5 Å². The number of allylic oxidation sites excluding steroid dienone is 1. The Balaban J connectivity index is -0.000000916. The second kappa shape index (κ2) is 12.8. The first kappa shape index (κ1) is 25.0. The Morgan fingerprint density at radius 1 is 1.40 bits per heavy atom. The zero-order valence-electron chi connectivity index (χ0n) is 13.6. The molecule has 0 rings (SSSR count). The number of rotatable bonds is 5. The smallest absolute Gasteiger partial charge is 0.414 e. The van der Waals surface area contributed by atoms with E-state index in [1.54, 1.807) is 13.8 Å². The van der Waals surface area contributed by atoms with E-state index in [2.05, 4.69) is 13.5 Å². The minimum absolute atomic E-state index is 0. The van der Waals surface area contributed by atoms with Gasteiger partial charge in [0.2, 0.25) is 0 Å². The van der Waals surface area contributed by atoms with Crippen molar-refractivity contribution in [2.24, 2.45) is 11.5 Å². The topological polar surface area (TPSA) is 81.6 Å². The van der Waals surface area contributed by atoms with E-state index in [0.29, 0.717) is 25.2 Å². The summed E-state index contributed by atoms with van der Waals surface area (Å²) in [4.78, 5) is 13.4. The number of carbonyl (C=O) groups excluding carboxylic acids is 1. The molecule has 1 unspecified atom stereocenters. The summed E-state index contributed by atoms with van der Waals surface area (Å²) in [5.74, 6) is 0. The maximum absolute atomic E-state index is 11.9. The number of hydrogen-bond donors (Lipinski definition) is 2. The summed E-state index contributed by atoms with van der Waals surface area (Å²) < 4.78 is 5.28. The number of amides is 1. The summed E-state index contributed by atoms with van der Waals surface area (Å²) in [6.45, 7) is 16.9. The average Bonchev–Trinajstić information content (AvgIpc) is 2.28. The van der Waals surface area contributed by atoms with Gasteiger partial charge in [0.05, 0.1) is 0 Å². The minimum atomic E-state index is -0.513. The van der Waals surface area contributed by atoms with Gasteiger partial charge in [-0.1, -0.05) is 6.58 Å². The standard InChI is InChI=1S/C12H25N3O2.C2H5.Y/c1-9(2)15(7-6-10(14)8-13)11(16)17-12(3,4)5;1-2;/h10H,1,6-8,13-14H2,2-5H3;1H2,2H3;/q;-1;. The van der Waals surface area contributed by atoms with Gasteiger partial charge < -0.3 is 23.1 Å². The molecule has 0 aromatic carbocycles. The molecule has 0 aromatic heterocycles. The quantitative estimate of drug-likeness (QED) is 0.736. The van der Waals surface area contributed by atoms with Crippen molar-refractivity contribution in [1.29, 1.82) is 0 Å². The predicted molar refractivity (Wildman–Crippen MR) is 80.4 cm³/mol. The van der Waals surface area contributed by atoms with Gasteiger partial charge in [-0.2, -0.15) is 6.92 Å². The number of carbonyl (C=O) groups is 1. The summed E-state index contributed by atoms with van der Waals surface area (Å²) in [7, 11) is 0. The van der Waals surface area contributed by atoms with Crippen LogP contribution in [-0.4, -0.2) is 35.7 Å². The molecule has 1 amide bonds. The van der Waals surface area contributed by atoms with Gasteiger partial charge in [0.15, 0.2) is 0 Å². The van der Waals surface area contributed by atoms with Crippen molar-refractivity contribution < 1.29 is 42.2 Å². The number of nitrogens with zero attached hydrogens (tertiary/aromatic N) is 1. The van der Waals surface area contributed by atoms with Crippen LogP contribution in [0.2, 0.25) is 0 Å². The summed E-state index contributed by atoms with van der Waals surface area (Å²) in [5, 5.41) is 0. The molecule has 0 spiro atoms. The molecule has 0 bridgehead atoms. The summed E-state index contributed by atoms with van der Waals surface area (Å²) in [5.41, 5.74) is 11.3. The van der Waals surface area contributed by atoms with Gasteiger partial charge in [-0.15, -0.1) is 0 Å². The molecule has 0 saturated heterocycles. The summed E-state index contributed by atoms with van der Waals surface area (Å²) in [6.07, 6.45) is 0.233. The van der Waals surface area contributed by atoms with Crippen LogP contribution in [-0.2, 0) is 37.4 Å². The fourth-order valence-corrected chi connectivity index (χ4v) is 1.17. The molecule has 5 nitrogen and oxygen atoms in total. The van der Waals surface area contributed by atoms with Gasteiger partial charge in [0.25, 0.3) is 0 Å². The van der Waals surface area contributed by atoms with Crippen LogP contribution >= 0.6 is 0 Å². The third kappa shape index (κ3) is 13.0. The number of nitrogens with two attached hydrogens (primary N) is 2. The largest absolute Gasteiger partial charge is 0.443 e. The molecule has 6 heteroatoms. The van der Waals surface area contributed by atoms with E-state index in [1.165, 1.54) is 4.90 Å². The van der Waals surface area contributed by atoms with Gasteiger partial charge in [-0.05, 0) is 34.1 Å². The van der Waals surface area contributed by atoms with Crippen molar-refractivity contribution in [2.45, 2.75) is 52.7 Å². The van der Waals surface area contributed by atoms with Crippen LogP contribution in [0.5, 0.6) is 0 Å². The number of ether oxygens (including phenoxy) is 1. The molecule has 4 N–H and O–H groups in total. The molecule has 20 heavy (non-hydrogen) atoms. The zero-order chi connectivity index (χ0) is 15.6. The molecule has 0 heterocycles. The molecular weight excluding hydrogens is 331 g/mol. The molecule has 0 fully saturated rings. The van der Waals surface area contributed by atoms with Gasteiger partial charge in [0, 0.05) is 57.5 Å². The van der Waals surface area contributed by atoms with E-state index in [1.807, 2.05) is 20.8 Å². The Morgan fingerprint density at radius 2 is 1.85 bits per heavy atom. The molecule has 0 aromatic rings. The van der Waals surface area contributed by atoms with Crippen molar-refractivity contribution in [1.82, 2.24) is 4.90 Å². The molecule has 117 valence electrons. The van der Waals surface area contributed by atoms with Crippen molar-refractivity contribution >= 4 is 6.09 Å². The molecule has 1 atom stereocenters. The van der Waals surface area contributed by atoms with Crippen LogP contribution in [0.3, 0.4) is 0 Å². The van der Waals surface area contributed by atoms with Crippen LogP contribution in [0.25, 0.3) is 0 Å². The molecule has 0 aliphatic rings. The van der Waals surface area contributed by atoms with Crippen molar-refractivity contribution in [3.63, 3.8) is 0 Å². The van der Waals surface area contributed by atoms with Gasteiger partial charge >= 0.3 is 6.09 Å². The predicted octanol–water partition coefficient (Wildman–Crippen LogP) is 2.27. The Kier molecular flexibility index (Phi) is 15.9. The second-order valence-corrected chi connectivity index (χ2v) is 5.15. The molecule has 0 aliphatic carbocycles. The van der Waals surface area contributed by atoms with Crippen LogP contribution in [0.4, 0.5) is 4.79 Å². The van der Waals surface area contributed by atoms with Crippen molar-refractivity contribution in [3.8, 4) is 0 Å². The Labute approximate surface area is 149 Å². The monoisotopic (exact) mass is 361 g/mol.